The van der Waals surface area contributed by atoms with E-state index in [-0.39, 0.29) is 12.5 Å². The predicted octanol–water partition coefficient (Wildman–Crippen LogP) is 0.773. The zero-order valence-electron chi connectivity index (χ0n) is 10.7. The van der Waals surface area contributed by atoms with E-state index >= 15 is 0 Å². The van der Waals surface area contributed by atoms with Crippen molar-refractivity contribution in [2.75, 3.05) is 13.7 Å². The quantitative estimate of drug-likeness (QED) is 0.631. The molecule has 0 aromatic carbocycles. The van der Waals surface area contributed by atoms with Crippen LogP contribution in [0.5, 0.6) is 0 Å². The highest BCUT2D eigenvalue weighted by Crippen LogP contribution is 2.15. The molecule has 0 saturated heterocycles. The minimum atomic E-state index is -0.710. The van der Waals surface area contributed by atoms with Crippen LogP contribution in [0.2, 0.25) is 0 Å². The van der Waals surface area contributed by atoms with Crippen molar-refractivity contribution in [3.05, 3.63) is 21.9 Å². The highest BCUT2D eigenvalue weighted by atomic mass is 32.1. The van der Waals surface area contributed by atoms with Crippen molar-refractivity contribution in [1.29, 1.82) is 0 Å². The smallest absolute Gasteiger partial charge is 0.328 e. The predicted molar refractivity (Wildman–Crippen MR) is 71.8 cm³/mol. The van der Waals surface area contributed by atoms with E-state index in [2.05, 4.69) is 21.9 Å². The summed E-state index contributed by atoms with van der Waals surface area (Å²) in [5.41, 5.74) is 0.591. The highest BCUT2D eigenvalue weighted by molar-refractivity contribution is 7.12. The Morgan fingerprint density at radius 1 is 1.58 bits per heavy atom. The van der Waals surface area contributed by atoms with Gasteiger partial charge in [0.2, 0.25) is 0 Å². The van der Waals surface area contributed by atoms with Crippen molar-refractivity contribution >= 4 is 23.2 Å². The van der Waals surface area contributed by atoms with E-state index in [1.165, 1.54) is 18.4 Å². The lowest BCUT2D eigenvalue weighted by atomic mass is 10.2. The van der Waals surface area contributed by atoms with Crippen LogP contribution in [0.15, 0.2) is 11.4 Å². The monoisotopic (exact) mass is 281 g/mol. The zero-order valence-corrected chi connectivity index (χ0v) is 11.5. The third-order valence-electron chi connectivity index (χ3n) is 2.23. The first-order valence-corrected chi connectivity index (χ1v) is 6.54. The van der Waals surface area contributed by atoms with Gasteiger partial charge in [-0.25, -0.2) is 4.79 Å². The molecule has 2 N–H and O–H groups in total. The molecule has 0 spiro atoms. The molecule has 0 aliphatic rings. The van der Waals surface area contributed by atoms with Crippen LogP contribution in [0.25, 0.3) is 0 Å². The van der Waals surface area contributed by atoms with E-state index in [0.717, 1.165) is 0 Å². The first kappa shape index (κ1) is 15.2. The Morgan fingerprint density at radius 3 is 2.95 bits per heavy atom. The van der Waals surface area contributed by atoms with Gasteiger partial charge in [0.05, 0.1) is 13.7 Å². The SMILES string of the molecule is COC(=O)C(C)NC(=O)c1sccc1C#CCCO. The molecular weight excluding hydrogens is 266 g/mol. The zero-order chi connectivity index (χ0) is 14.3. The van der Waals surface area contributed by atoms with Gasteiger partial charge < -0.3 is 15.2 Å². The number of amides is 1. The maximum atomic E-state index is 12.0. The number of rotatable bonds is 4. The molecule has 102 valence electrons. The molecule has 0 aliphatic heterocycles. The van der Waals surface area contributed by atoms with Gasteiger partial charge in [0, 0.05) is 12.0 Å². The first-order valence-electron chi connectivity index (χ1n) is 5.66. The molecule has 1 heterocycles. The molecule has 0 bridgehead atoms. The number of carbonyl (C=O) groups is 2. The number of nitrogens with one attached hydrogen (secondary N) is 1. The van der Waals surface area contributed by atoms with E-state index in [4.69, 9.17) is 5.11 Å². The van der Waals surface area contributed by atoms with Gasteiger partial charge in [-0.1, -0.05) is 11.8 Å². The van der Waals surface area contributed by atoms with Crippen LogP contribution in [0.1, 0.15) is 28.6 Å². The van der Waals surface area contributed by atoms with Gasteiger partial charge in [-0.2, -0.15) is 0 Å². The maximum Gasteiger partial charge on any atom is 0.328 e. The Bertz CT molecular complexity index is 512. The second kappa shape index (κ2) is 7.56. The van der Waals surface area contributed by atoms with Crippen LogP contribution < -0.4 is 5.32 Å². The summed E-state index contributed by atoms with van der Waals surface area (Å²) >= 11 is 1.25. The number of thiophene rings is 1. The molecule has 19 heavy (non-hydrogen) atoms. The Hall–Kier alpha value is -1.84. The van der Waals surface area contributed by atoms with E-state index in [1.54, 1.807) is 18.4 Å². The van der Waals surface area contributed by atoms with Crippen LogP contribution >= 0.6 is 11.3 Å². The number of hydrogen-bond acceptors (Lipinski definition) is 5. The largest absolute Gasteiger partial charge is 0.467 e. The van der Waals surface area contributed by atoms with E-state index in [1.807, 2.05) is 0 Å². The van der Waals surface area contributed by atoms with E-state index < -0.39 is 12.0 Å². The van der Waals surface area contributed by atoms with Crippen LogP contribution in [-0.2, 0) is 9.53 Å². The summed E-state index contributed by atoms with van der Waals surface area (Å²) < 4.78 is 4.53. The third kappa shape index (κ3) is 4.39. The Kier molecular flexibility index (Phi) is 6.06. The van der Waals surface area contributed by atoms with Crippen molar-refractivity contribution in [3.63, 3.8) is 0 Å². The third-order valence-corrected chi connectivity index (χ3v) is 3.15. The second-order valence-corrected chi connectivity index (χ2v) is 4.57. The minimum absolute atomic E-state index is 0.0158. The molecular formula is C13H15NO4S. The number of hydrogen-bond donors (Lipinski definition) is 2. The summed E-state index contributed by atoms with van der Waals surface area (Å²) in [4.78, 5) is 23.6. The Labute approximate surface area is 115 Å². The molecule has 0 fully saturated rings. The molecule has 1 amide bonds. The summed E-state index contributed by atoms with van der Waals surface area (Å²) in [7, 11) is 1.27. The van der Waals surface area contributed by atoms with Crippen LogP contribution in [0.3, 0.4) is 0 Å². The van der Waals surface area contributed by atoms with Gasteiger partial charge in [-0.3, -0.25) is 4.79 Å². The average Bonchev–Trinajstić information content (AvgIpc) is 2.86. The lowest BCUT2D eigenvalue weighted by Crippen LogP contribution is -2.39. The van der Waals surface area contributed by atoms with Crippen LogP contribution in [0.4, 0.5) is 0 Å². The van der Waals surface area contributed by atoms with Crippen LogP contribution in [0, 0.1) is 11.8 Å². The number of methoxy groups -OCH3 is 1. The van der Waals surface area contributed by atoms with Gasteiger partial charge in [-0.05, 0) is 18.4 Å². The number of ether oxygens (including phenoxy) is 1. The molecule has 6 heteroatoms. The van der Waals surface area contributed by atoms with Crippen molar-refractivity contribution in [3.8, 4) is 11.8 Å². The normalized spacial score (nSPS) is 11.1. The fraction of sp³-hybridized carbons (Fsp3) is 0.385. The van der Waals surface area contributed by atoms with Gasteiger partial charge in [0.25, 0.3) is 5.91 Å². The summed E-state index contributed by atoms with van der Waals surface area (Å²) in [6.07, 6.45) is 0.357. The summed E-state index contributed by atoms with van der Waals surface area (Å²) in [6.45, 7) is 1.53. The minimum Gasteiger partial charge on any atom is -0.467 e. The topological polar surface area (TPSA) is 75.6 Å². The van der Waals surface area contributed by atoms with Crippen molar-refractivity contribution in [1.82, 2.24) is 5.32 Å². The molecule has 1 aromatic heterocycles. The molecule has 1 rings (SSSR count). The van der Waals surface area contributed by atoms with E-state index in [9.17, 15) is 9.59 Å². The number of aliphatic hydroxyl groups is 1. The molecule has 0 radical (unpaired) electrons. The first-order chi connectivity index (χ1) is 9.10. The van der Waals surface area contributed by atoms with Gasteiger partial charge >= 0.3 is 5.97 Å². The summed E-state index contributed by atoms with van der Waals surface area (Å²) in [6, 6.07) is 1.02. The maximum absolute atomic E-state index is 12.0. The fourth-order valence-corrected chi connectivity index (χ4v) is 2.05. The number of aliphatic hydroxyl groups excluding tert-OH is 1. The standard InChI is InChI=1S/C13H15NO4S/c1-9(13(17)18-2)14-12(16)11-10(6-8-19-11)5-3-4-7-15/h6,8-9,15H,4,7H2,1-2H3,(H,14,16). The van der Waals surface area contributed by atoms with Crippen molar-refractivity contribution < 1.29 is 19.4 Å². The molecule has 1 atom stereocenters. The van der Waals surface area contributed by atoms with E-state index in [0.29, 0.717) is 16.9 Å². The lowest BCUT2D eigenvalue weighted by molar-refractivity contribution is -0.142. The molecule has 1 aromatic rings. The fourth-order valence-electron chi connectivity index (χ4n) is 1.30. The van der Waals surface area contributed by atoms with Crippen LogP contribution in [-0.4, -0.2) is 36.7 Å². The Morgan fingerprint density at radius 2 is 2.32 bits per heavy atom. The van der Waals surface area contributed by atoms with Crippen molar-refractivity contribution in [2.24, 2.45) is 0 Å². The number of esters is 1. The average molecular weight is 281 g/mol. The van der Waals surface area contributed by atoms with Gasteiger partial charge in [0.15, 0.2) is 0 Å². The molecule has 0 aliphatic carbocycles. The molecule has 1 unspecified atom stereocenters. The summed E-state index contributed by atoms with van der Waals surface area (Å²) in [5.74, 6) is 4.71. The van der Waals surface area contributed by atoms with Gasteiger partial charge in [-0.15, -0.1) is 11.3 Å². The van der Waals surface area contributed by atoms with Crippen molar-refractivity contribution in [2.45, 2.75) is 19.4 Å². The lowest BCUT2D eigenvalue weighted by Gasteiger charge is -2.10. The molecule has 0 saturated carbocycles. The Balaban J connectivity index is 2.76. The highest BCUT2D eigenvalue weighted by Gasteiger charge is 2.19. The summed E-state index contributed by atoms with van der Waals surface area (Å²) in [5, 5.41) is 12.9. The molecule has 5 nitrogen and oxygen atoms in total. The number of carbonyl (C=O) groups excluding carboxylic acids is 2. The van der Waals surface area contributed by atoms with Gasteiger partial charge in [0.1, 0.15) is 10.9 Å². The second-order valence-electron chi connectivity index (χ2n) is 3.66.